The van der Waals surface area contributed by atoms with Crippen LogP contribution in [-0.2, 0) is 11.3 Å². The first-order chi connectivity index (χ1) is 10.1. The highest BCUT2D eigenvalue weighted by atomic mass is 35.5. The zero-order chi connectivity index (χ0) is 14.6. The minimum absolute atomic E-state index is 0.0104. The molecule has 3 aliphatic rings. The summed E-state index contributed by atoms with van der Waals surface area (Å²) in [5.41, 5.74) is 0.205. The summed E-state index contributed by atoms with van der Waals surface area (Å²) < 4.78 is 6.25. The van der Waals surface area contributed by atoms with E-state index >= 15 is 0 Å². The van der Waals surface area contributed by atoms with Crippen molar-refractivity contribution in [3.8, 4) is 0 Å². The topological polar surface area (TPSA) is 71.7 Å². The van der Waals surface area contributed by atoms with Gasteiger partial charge in [0, 0.05) is 24.2 Å². The zero-order valence-electron chi connectivity index (χ0n) is 11.1. The molecule has 0 aromatic carbocycles. The lowest BCUT2D eigenvalue weighted by Crippen LogP contribution is -2.41. The summed E-state index contributed by atoms with van der Waals surface area (Å²) in [6.45, 7) is 2.12. The Balaban J connectivity index is 1.69. The molecule has 4 heterocycles. The summed E-state index contributed by atoms with van der Waals surface area (Å²) in [6, 6.07) is 0. The van der Waals surface area contributed by atoms with Crippen LogP contribution in [0.5, 0.6) is 0 Å². The van der Waals surface area contributed by atoms with Gasteiger partial charge >= 0.3 is 5.70 Å². The van der Waals surface area contributed by atoms with Crippen molar-refractivity contribution >= 4 is 22.9 Å². The number of ether oxygens (including phenoxy) is 1. The van der Waals surface area contributed by atoms with Gasteiger partial charge in [-0.15, -0.1) is 11.3 Å². The van der Waals surface area contributed by atoms with Gasteiger partial charge in [-0.1, -0.05) is 11.6 Å². The second-order valence-electron chi connectivity index (χ2n) is 5.32. The first-order valence-electron chi connectivity index (χ1n) is 6.79. The van der Waals surface area contributed by atoms with Crippen LogP contribution in [0.3, 0.4) is 0 Å². The molecule has 0 unspecified atom stereocenters. The van der Waals surface area contributed by atoms with E-state index in [0.717, 1.165) is 36.6 Å². The summed E-state index contributed by atoms with van der Waals surface area (Å²) >= 11 is 7.27. The van der Waals surface area contributed by atoms with E-state index in [0.29, 0.717) is 11.0 Å². The second kappa shape index (κ2) is 4.82. The average molecular weight is 329 g/mol. The van der Waals surface area contributed by atoms with Crippen molar-refractivity contribution in [2.75, 3.05) is 13.1 Å². The molecular weight excluding hydrogens is 316 g/mol. The molecule has 1 aromatic rings. The lowest BCUT2D eigenvalue weighted by Gasteiger charge is -2.32. The van der Waals surface area contributed by atoms with E-state index < -0.39 is 0 Å². The van der Waals surface area contributed by atoms with Crippen molar-refractivity contribution in [2.45, 2.75) is 31.7 Å². The first-order valence-corrected chi connectivity index (χ1v) is 7.99. The van der Waals surface area contributed by atoms with Crippen LogP contribution in [-0.4, -0.2) is 45.1 Å². The van der Waals surface area contributed by atoms with Crippen LogP contribution in [0.1, 0.15) is 17.7 Å². The lowest BCUT2D eigenvalue weighted by molar-refractivity contribution is -0.443. The van der Waals surface area contributed by atoms with Crippen LogP contribution < -0.4 is 0 Å². The van der Waals surface area contributed by atoms with Crippen LogP contribution in [0.4, 0.5) is 0 Å². The fourth-order valence-electron chi connectivity index (χ4n) is 3.30. The number of fused-ring (bicyclic) bond motifs is 4. The minimum Gasteiger partial charge on any atom is -0.346 e. The third-order valence-electron chi connectivity index (χ3n) is 4.13. The number of aromatic nitrogens is 1. The van der Waals surface area contributed by atoms with Crippen molar-refractivity contribution in [3.05, 3.63) is 37.2 Å². The normalized spacial score (nSPS) is 27.5. The lowest BCUT2D eigenvalue weighted by atomic mass is 10.2. The predicted molar refractivity (Wildman–Crippen MR) is 76.2 cm³/mol. The van der Waals surface area contributed by atoms with E-state index in [9.17, 15) is 10.1 Å². The Kier molecular flexibility index (Phi) is 3.05. The molecule has 0 saturated carbocycles. The Labute approximate surface area is 129 Å². The van der Waals surface area contributed by atoms with Gasteiger partial charge < -0.3 is 14.5 Å². The van der Waals surface area contributed by atoms with Crippen molar-refractivity contribution in [3.63, 3.8) is 0 Å². The molecule has 112 valence electrons. The molecular formula is C12H13ClN4O3S. The SMILES string of the molecule is O=[N+]([O-])C1=C2N(Cc3cnc(Cl)s3)CCN2[C@H]2CC[C@@H]1O2. The fourth-order valence-corrected chi connectivity index (χ4v) is 4.30. The molecule has 2 fully saturated rings. The molecule has 21 heavy (non-hydrogen) atoms. The smallest absolute Gasteiger partial charge is 0.314 e. The molecule has 0 spiro atoms. The molecule has 3 aliphatic heterocycles. The average Bonchev–Trinajstić information content (AvgIpc) is 3.13. The van der Waals surface area contributed by atoms with Crippen LogP contribution in [0.25, 0.3) is 0 Å². The Morgan fingerprint density at radius 3 is 3.10 bits per heavy atom. The highest BCUT2D eigenvalue weighted by Crippen LogP contribution is 2.41. The van der Waals surface area contributed by atoms with Crippen LogP contribution in [0.15, 0.2) is 17.7 Å². The molecule has 0 amide bonds. The monoisotopic (exact) mass is 328 g/mol. The van der Waals surface area contributed by atoms with Crippen LogP contribution >= 0.6 is 22.9 Å². The number of nitro groups is 1. The van der Waals surface area contributed by atoms with E-state index in [1.54, 1.807) is 6.20 Å². The highest BCUT2D eigenvalue weighted by Gasteiger charge is 2.50. The van der Waals surface area contributed by atoms with E-state index in [-0.39, 0.29) is 23.0 Å². The van der Waals surface area contributed by atoms with Gasteiger partial charge in [0.15, 0.2) is 16.4 Å². The van der Waals surface area contributed by atoms with Gasteiger partial charge in [-0.2, -0.15) is 0 Å². The van der Waals surface area contributed by atoms with Crippen molar-refractivity contribution in [2.24, 2.45) is 0 Å². The minimum atomic E-state index is -0.373. The molecule has 2 saturated heterocycles. The standard InChI is InChI=1S/C12H13ClN4O3S/c13-12-14-5-7(21-12)6-15-3-4-16-9-2-1-8(20-9)10(11(15)16)17(18)19/h5,8-9H,1-4,6H2/t8-,9+/m0/s1. The Morgan fingerprint density at radius 2 is 2.38 bits per heavy atom. The number of nitrogens with zero attached hydrogens (tertiary/aromatic N) is 4. The van der Waals surface area contributed by atoms with Gasteiger partial charge in [0.1, 0.15) is 6.23 Å². The van der Waals surface area contributed by atoms with E-state index in [1.165, 1.54) is 11.3 Å². The predicted octanol–water partition coefficient (Wildman–Crippen LogP) is 1.88. The van der Waals surface area contributed by atoms with Gasteiger partial charge in [-0.3, -0.25) is 10.1 Å². The first kappa shape index (κ1) is 13.3. The number of halogens is 1. The maximum absolute atomic E-state index is 11.5. The van der Waals surface area contributed by atoms with Gasteiger partial charge in [-0.05, 0) is 12.8 Å². The molecule has 0 N–H and O–H groups in total. The van der Waals surface area contributed by atoms with Gasteiger partial charge in [0.25, 0.3) is 0 Å². The zero-order valence-corrected chi connectivity index (χ0v) is 12.6. The summed E-state index contributed by atoms with van der Waals surface area (Å²) in [5.74, 6) is 0.725. The summed E-state index contributed by atoms with van der Waals surface area (Å²) in [7, 11) is 0. The van der Waals surface area contributed by atoms with Gasteiger partial charge in [0.05, 0.1) is 11.5 Å². The molecule has 9 heteroatoms. The number of rotatable bonds is 3. The van der Waals surface area contributed by atoms with E-state index in [2.05, 4.69) is 9.88 Å². The van der Waals surface area contributed by atoms with Crippen molar-refractivity contribution < 1.29 is 9.66 Å². The molecule has 0 aliphatic carbocycles. The van der Waals surface area contributed by atoms with Gasteiger partial charge in [0.2, 0.25) is 0 Å². The maximum Gasteiger partial charge on any atom is 0.314 e. The number of hydrogen-bond donors (Lipinski definition) is 0. The molecule has 2 bridgehead atoms. The molecule has 0 radical (unpaired) electrons. The van der Waals surface area contributed by atoms with Crippen molar-refractivity contribution in [1.82, 2.24) is 14.8 Å². The Bertz CT molecular complexity index is 634. The summed E-state index contributed by atoms with van der Waals surface area (Å²) in [4.78, 5) is 20.3. The van der Waals surface area contributed by atoms with Crippen LogP contribution in [0.2, 0.25) is 4.47 Å². The molecule has 7 nitrogen and oxygen atoms in total. The molecule has 4 rings (SSSR count). The fraction of sp³-hybridized carbons (Fsp3) is 0.583. The maximum atomic E-state index is 11.5. The Morgan fingerprint density at radius 1 is 1.52 bits per heavy atom. The number of hydrogen-bond acceptors (Lipinski definition) is 7. The van der Waals surface area contributed by atoms with Crippen molar-refractivity contribution in [1.29, 1.82) is 0 Å². The molecule has 1 aromatic heterocycles. The summed E-state index contributed by atoms with van der Waals surface area (Å²) in [5, 5.41) is 11.5. The van der Waals surface area contributed by atoms with Crippen LogP contribution in [0, 0.1) is 10.1 Å². The van der Waals surface area contributed by atoms with E-state index in [1.807, 2.05) is 4.90 Å². The summed E-state index contributed by atoms with van der Waals surface area (Å²) in [6.07, 6.45) is 2.92. The second-order valence-corrected chi connectivity index (χ2v) is 7.01. The van der Waals surface area contributed by atoms with Gasteiger partial charge in [-0.25, -0.2) is 4.98 Å². The largest absolute Gasteiger partial charge is 0.346 e. The number of thiazole rings is 1. The third kappa shape index (κ3) is 2.09. The Hall–Kier alpha value is -1.38. The third-order valence-corrected chi connectivity index (χ3v) is 5.23. The molecule has 2 atom stereocenters. The highest BCUT2D eigenvalue weighted by molar-refractivity contribution is 7.15. The van der Waals surface area contributed by atoms with E-state index in [4.69, 9.17) is 16.3 Å². The quantitative estimate of drug-likeness (QED) is 0.623.